The summed E-state index contributed by atoms with van der Waals surface area (Å²) in [6, 6.07) is 5.01. The monoisotopic (exact) mass is 276 g/mol. The van der Waals surface area contributed by atoms with Crippen LogP contribution < -0.4 is 10.2 Å². The lowest BCUT2D eigenvalue weighted by Gasteiger charge is -2.11. The van der Waals surface area contributed by atoms with Crippen molar-refractivity contribution in [1.82, 2.24) is 9.88 Å². The van der Waals surface area contributed by atoms with Gasteiger partial charge in [0.2, 0.25) is 5.43 Å². The first kappa shape index (κ1) is 14.1. The maximum atomic E-state index is 12.0. The molecule has 1 aromatic heterocycles. The van der Waals surface area contributed by atoms with Crippen molar-refractivity contribution in [2.45, 2.75) is 0 Å². The van der Waals surface area contributed by atoms with E-state index >= 15 is 0 Å². The number of ether oxygens (including phenoxy) is 1. The van der Waals surface area contributed by atoms with Gasteiger partial charge in [-0.1, -0.05) is 0 Å². The molecule has 2 rings (SSSR count). The van der Waals surface area contributed by atoms with Gasteiger partial charge in [-0.15, -0.1) is 0 Å². The van der Waals surface area contributed by atoms with E-state index in [9.17, 15) is 9.59 Å². The van der Waals surface area contributed by atoms with E-state index in [2.05, 4.69) is 4.98 Å². The molecule has 20 heavy (non-hydrogen) atoms. The molecule has 106 valence electrons. The Balaban J connectivity index is 2.34. The fraction of sp³-hybridized carbons (Fsp3) is 0.286. The molecule has 6 heteroatoms. The molecule has 2 N–H and O–H groups in total. The predicted octanol–water partition coefficient (Wildman–Crippen LogP) is 1.17. The zero-order chi connectivity index (χ0) is 14.7. The first-order valence-corrected chi connectivity index (χ1v) is 6.15. The maximum Gasteiger partial charge on any atom is 0.341 e. The highest BCUT2D eigenvalue weighted by Crippen LogP contribution is 2.17. The average Bonchev–Trinajstić information content (AvgIpc) is 2.39. The van der Waals surface area contributed by atoms with Crippen LogP contribution in [0.2, 0.25) is 0 Å². The Kier molecular flexibility index (Phi) is 4.05. The molecule has 0 amide bonds. The first-order valence-electron chi connectivity index (χ1n) is 6.15. The molecule has 0 radical (unpaired) electrons. The fourth-order valence-corrected chi connectivity index (χ4v) is 1.79. The Morgan fingerprint density at radius 3 is 2.80 bits per heavy atom. The van der Waals surface area contributed by atoms with Crippen LogP contribution in [0.4, 0.5) is 0 Å². The number of carbonyl (C=O) groups is 1. The second kappa shape index (κ2) is 5.75. The van der Waals surface area contributed by atoms with Gasteiger partial charge in [0.25, 0.3) is 0 Å². The van der Waals surface area contributed by atoms with E-state index in [1.165, 1.54) is 6.20 Å². The number of likely N-dealkylation sites (N-methyl/N-ethyl adjacent to an activating group) is 1. The zero-order valence-corrected chi connectivity index (χ0v) is 11.3. The van der Waals surface area contributed by atoms with Crippen LogP contribution >= 0.6 is 0 Å². The number of aromatic nitrogens is 1. The number of nitrogens with one attached hydrogen (secondary N) is 1. The number of carboxylic acid groups (broad SMARTS) is 1. The largest absolute Gasteiger partial charge is 0.492 e. The number of hydrogen-bond acceptors (Lipinski definition) is 4. The minimum absolute atomic E-state index is 0.275. The molecule has 0 bridgehead atoms. The number of aromatic amines is 1. The summed E-state index contributed by atoms with van der Waals surface area (Å²) in [6.45, 7) is 1.25. The predicted molar refractivity (Wildman–Crippen MR) is 75.6 cm³/mol. The van der Waals surface area contributed by atoms with Gasteiger partial charge in [0.15, 0.2) is 0 Å². The van der Waals surface area contributed by atoms with Crippen molar-refractivity contribution in [2.24, 2.45) is 0 Å². The van der Waals surface area contributed by atoms with Gasteiger partial charge in [0.05, 0.1) is 5.39 Å². The Bertz CT molecular complexity index is 691. The lowest BCUT2D eigenvalue weighted by molar-refractivity contribution is 0.0695. The van der Waals surface area contributed by atoms with Crippen molar-refractivity contribution in [2.75, 3.05) is 27.2 Å². The number of hydrogen-bond donors (Lipinski definition) is 2. The fourth-order valence-electron chi connectivity index (χ4n) is 1.79. The summed E-state index contributed by atoms with van der Waals surface area (Å²) in [5.74, 6) is -0.695. The van der Waals surface area contributed by atoms with Crippen LogP contribution in [0.5, 0.6) is 5.75 Å². The summed E-state index contributed by atoms with van der Waals surface area (Å²) in [4.78, 5) is 27.8. The molecule has 0 saturated heterocycles. The molecule has 0 atom stereocenters. The number of fused-ring (bicyclic) bond motifs is 1. The van der Waals surface area contributed by atoms with Gasteiger partial charge in [-0.25, -0.2) is 4.79 Å². The lowest BCUT2D eigenvalue weighted by atomic mass is 10.1. The van der Waals surface area contributed by atoms with Crippen molar-refractivity contribution in [3.63, 3.8) is 0 Å². The van der Waals surface area contributed by atoms with Crippen LogP contribution in [0.15, 0.2) is 29.2 Å². The Labute approximate surface area is 115 Å². The molecule has 0 spiro atoms. The molecule has 6 nitrogen and oxygen atoms in total. The van der Waals surface area contributed by atoms with Crippen molar-refractivity contribution in [3.8, 4) is 5.75 Å². The Morgan fingerprint density at radius 1 is 1.40 bits per heavy atom. The third-order valence-corrected chi connectivity index (χ3v) is 2.89. The molecule has 0 unspecified atom stereocenters. The molecule has 0 fully saturated rings. The SMILES string of the molecule is CN(C)CCOc1ccc2[nH]cc(C(=O)O)c(=O)c2c1. The van der Waals surface area contributed by atoms with E-state index in [4.69, 9.17) is 9.84 Å². The van der Waals surface area contributed by atoms with Crippen molar-refractivity contribution in [1.29, 1.82) is 0 Å². The number of rotatable bonds is 5. The van der Waals surface area contributed by atoms with E-state index in [1.54, 1.807) is 18.2 Å². The highest BCUT2D eigenvalue weighted by Gasteiger charge is 2.11. The number of carboxylic acids is 1. The van der Waals surface area contributed by atoms with E-state index in [-0.39, 0.29) is 5.56 Å². The number of pyridine rings is 1. The standard InChI is InChI=1S/C14H16N2O4/c1-16(2)5-6-20-9-3-4-12-10(7-9)13(17)11(8-15-12)14(18)19/h3-4,7-8H,5-6H2,1-2H3,(H,15,17)(H,18,19). The lowest BCUT2D eigenvalue weighted by Crippen LogP contribution is -2.19. The number of nitrogens with zero attached hydrogens (tertiary/aromatic N) is 1. The smallest absolute Gasteiger partial charge is 0.341 e. The van der Waals surface area contributed by atoms with Gasteiger partial charge < -0.3 is 19.7 Å². The van der Waals surface area contributed by atoms with Gasteiger partial charge >= 0.3 is 5.97 Å². The molecule has 2 aromatic rings. The first-order chi connectivity index (χ1) is 9.49. The molecular weight excluding hydrogens is 260 g/mol. The van der Waals surface area contributed by atoms with Gasteiger partial charge in [0.1, 0.15) is 17.9 Å². The zero-order valence-electron chi connectivity index (χ0n) is 11.3. The van der Waals surface area contributed by atoms with Crippen molar-refractivity contribution < 1.29 is 14.6 Å². The van der Waals surface area contributed by atoms with Crippen molar-refractivity contribution >= 4 is 16.9 Å². The summed E-state index contributed by atoms with van der Waals surface area (Å²) < 4.78 is 5.54. The van der Waals surface area contributed by atoms with Gasteiger partial charge in [0, 0.05) is 18.3 Å². The summed E-state index contributed by atoms with van der Waals surface area (Å²) in [7, 11) is 3.88. The van der Waals surface area contributed by atoms with E-state index < -0.39 is 11.4 Å². The third kappa shape index (κ3) is 2.97. The van der Waals surface area contributed by atoms with Crippen LogP contribution in [0.25, 0.3) is 10.9 Å². The minimum Gasteiger partial charge on any atom is -0.492 e. The van der Waals surface area contributed by atoms with Crippen molar-refractivity contribution in [3.05, 3.63) is 40.2 Å². The number of benzene rings is 1. The summed E-state index contributed by atoms with van der Waals surface area (Å²) in [5.41, 5.74) is -0.202. The summed E-state index contributed by atoms with van der Waals surface area (Å²) in [5, 5.41) is 9.25. The van der Waals surface area contributed by atoms with Gasteiger partial charge in [-0.3, -0.25) is 4.79 Å². The second-order valence-electron chi connectivity index (χ2n) is 4.70. The topological polar surface area (TPSA) is 82.6 Å². The molecule has 1 heterocycles. The molecule has 0 aliphatic carbocycles. The summed E-state index contributed by atoms with van der Waals surface area (Å²) in [6.07, 6.45) is 1.21. The Hall–Kier alpha value is -2.34. The molecular formula is C14H16N2O4. The van der Waals surface area contributed by atoms with Gasteiger partial charge in [-0.2, -0.15) is 0 Å². The number of aromatic carboxylic acids is 1. The van der Waals surface area contributed by atoms with Crippen LogP contribution in [0, 0.1) is 0 Å². The molecule has 1 aromatic carbocycles. The summed E-state index contributed by atoms with van der Waals surface area (Å²) >= 11 is 0. The molecule has 0 aliphatic rings. The molecule has 0 aliphatic heterocycles. The highest BCUT2D eigenvalue weighted by atomic mass is 16.5. The van der Waals surface area contributed by atoms with Crippen LogP contribution in [0.1, 0.15) is 10.4 Å². The maximum absolute atomic E-state index is 12.0. The van der Waals surface area contributed by atoms with E-state index in [0.29, 0.717) is 23.3 Å². The van der Waals surface area contributed by atoms with Crippen LogP contribution in [0.3, 0.4) is 0 Å². The van der Waals surface area contributed by atoms with Gasteiger partial charge in [-0.05, 0) is 32.3 Å². The number of H-pyrrole nitrogens is 1. The third-order valence-electron chi connectivity index (χ3n) is 2.89. The van der Waals surface area contributed by atoms with Crippen LogP contribution in [-0.4, -0.2) is 48.2 Å². The normalized spacial score (nSPS) is 10.9. The molecule has 0 saturated carbocycles. The highest BCUT2D eigenvalue weighted by molar-refractivity contribution is 5.92. The quantitative estimate of drug-likeness (QED) is 0.856. The van der Waals surface area contributed by atoms with E-state index in [0.717, 1.165) is 6.54 Å². The Morgan fingerprint density at radius 2 is 2.15 bits per heavy atom. The van der Waals surface area contributed by atoms with E-state index in [1.807, 2.05) is 19.0 Å². The second-order valence-corrected chi connectivity index (χ2v) is 4.70. The van der Waals surface area contributed by atoms with Crippen LogP contribution in [-0.2, 0) is 0 Å². The minimum atomic E-state index is -1.24. The average molecular weight is 276 g/mol.